The first kappa shape index (κ1) is 40.6. The highest BCUT2D eigenvalue weighted by molar-refractivity contribution is 5.73. The van der Waals surface area contributed by atoms with Crippen LogP contribution in [0.25, 0.3) is 0 Å². The number of anilines is 1. The molecule has 2 aliphatic rings. The normalized spacial score (nSPS) is 16.5. The minimum Gasteiger partial charge on any atom is -0.481 e. The second-order valence-electron chi connectivity index (χ2n) is 9.27. The molecule has 0 spiro atoms. The Bertz CT molecular complexity index is 1250. The van der Waals surface area contributed by atoms with Gasteiger partial charge >= 0.3 is 36.4 Å². The Morgan fingerprint density at radius 1 is 0.915 bits per heavy atom. The monoisotopic (exact) mass is 697 g/mol. The number of carboxylic acid groups (broad SMARTS) is 3. The van der Waals surface area contributed by atoms with Crippen molar-refractivity contribution in [1.29, 1.82) is 0 Å². The largest absolute Gasteiger partial charge is 0.490 e. The lowest BCUT2D eigenvalue weighted by molar-refractivity contribution is -0.193. The van der Waals surface area contributed by atoms with E-state index in [0.717, 1.165) is 42.8 Å². The zero-order chi connectivity index (χ0) is 36.0. The molecule has 22 heteroatoms. The Balaban J connectivity index is 0.000000430. The summed E-state index contributed by atoms with van der Waals surface area (Å²) in [6.45, 7) is 3.85. The molecule has 2 aromatic rings. The molecule has 2 aromatic heterocycles. The number of morpholine rings is 1. The van der Waals surface area contributed by atoms with Gasteiger partial charge in [-0.2, -0.15) is 39.5 Å². The summed E-state index contributed by atoms with van der Waals surface area (Å²) in [6, 6.07) is 5.94. The molecule has 1 saturated carbocycles. The summed E-state index contributed by atoms with van der Waals surface area (Å²) in [7, 11) is 1.65. The van der Waals surface area contributed by atoms with E-state index in [1.54, 1.807) is 13.3 Å². The maximum absolute atomic E-state index is 10.6. The molecule has 0 aromatic carbocycles. The van der Waals surface area contributed by atoms with E-state index in [1.165, 1.54) is 12.8 Å². The fourth-order valence-corrected chi connectivity index (χ4v) is 3.22. The first-order valence-electron chi connectivity index (χ1n) is 12.9. The molecule has 1 unspecified atom stereocenters. The molecule has 4 N–H and O–H groups in total. The van der Waals surface area contributed by atoms with Crippen LogP contribution in [0.1, 0.15) is 30.3 Å². The Morgan fingerprint density at radius 3 is 1.91 bits per heavy atom. The summed E-state index contributed by atoms with van der Waals surface area (Å²) in [4.78, 5) is 42.6. The Hall–Kier alpha value is -4.47. The van der Waals surface area contributed by atoms with Gasteiger partial charge in [0, 0.05) is 37.6 Å². The van der Waals surface area contributed by atoms with Gasteiger partial charge in [-0.15, -0.1) is 0 Å². The Morgan fingerprint density at radius 2 is 1.45 bits per heavy atom. The van der Waals surface area contributed by atoms with Crippen LogP contribution in [0.15, 0.2) is 30.6 Å². The predicted molar refractivity (Wildman–Crippen MR) is 139 cm³/mol. The molecule has 3 heterocycles. The van der Waals surface area contributed by atoms with Crippen LogP contribution in [0.3, 0.4) is 0 Å². The van der Waals surface area contributed by atoms with E-state index in [0.29, 0.717) is 19.1 Å². The summed E-state index contributed by atoms with van der Waals surface area (Å²) >= 11 is 0. The van der Waals surface area contributed by atoms with E-state index in [2.05, 4.69) is 20.2 Å². The number of alkyl halides is 9. The number of rotatable bonds is 7. The molecule has 47 heavy (non-hydrogen) atoms. The predicted octanol–water partition coefficient (Wildman–Crippen LogP) is 4.18. The molecule has 1 aliphatic heterocycles. The van der Waals surface area contributed by atoms with Crippen molar-refractivity contribution >= 4 is 23.7 Å². The fourth-order valence-electron chi connectivity index (χ4n) is 3.22. The maximum atomic E-state index is 10.6. The van der Waals surface area contributed by atoms with Gasteiger partial charge in [-0.1, -0.05) is 6.07 Å². The molecule has 1 atom stereocenters. The van der Waals surface area contributed by atoms with Gasteiger partial charge in [0.2, 0.25) is 5.88 Å². The van der Waals surface area contributed by atoms with E-state index >= 15 is 0 Å². The number of carboxylic acids is 3. The Kier molecular flexibility index (Phi) is 15.5. The quantitative estimate of drug-likeness (QED) is 0.303. The molecule has 13 nitrogen and oxygen atoms in total. The highest BCUT2D eigenvalue weighted by Crippen LogP contribution is 2.29. The van der Waals surface area contributed by atoms with E-state index in [1.807, 2.05) is 24.4 Å². The molecule has 264 valence electrons. The van der Waals surface area contributed by atoms with Crippen LogP contribution in [0, 0.1) is 5.92 Å². The zero-order valence-electron chi connectivity index (χ0n) is 24.1. The number of aliphatic carboxylic acids is 3. The summed E-state index contributed by atoms with van der Waals surface area (Å²) in [6.07, 6.45) is -9.03. The van der Waals surface area contributed by atoms with E-state index in [4.69, 9.17) is 44.2 Å². The van der Waals surface area contributed by atoms with Gasteiger partial charge in [-0.3, -0.25) is 4.90 Å². The molecule has 1 aliphatic carbocycles. The maximum Gasteiger partial charge on any atom is 0.490 e. The lowest BCUT2D eigenvalue weighted by atomic mass is 10.1. The van der Waals surface area contributed by atoms with Crippen LogP contribution in [-0.2, 0) is 25.7 Å². The molecule has 2 fully saturated rings. The summed E-state index contributed by atoms with van der Waals surface area (Å²) in [5.41, 5.74) is 1.06. The molecular weight excluding hydrogens is 669 g/mol. The van der Waals surface area contributed by atoms with Crippen LogP contribution >= 0.6 is 0 Å². The van der Waals surface area contributed by atoms with Crippen molar-refractivity contribution in [2.75, 3.05) is 38.7 Å². The van der Waals surface area contributed by atoms with Gasteiger partial charge in [0.05, 0.1) is 26.4 Å². The highest BCUT2D eigenvalue weighted by atomic mass is 19.4. The lowest BCUT2D eigenvalue weighted by Gasteiger charge is -2.34. The number of pyridine rings is 1. The molecule has 4 rings (SSSR count). The fraction of sp³-hybridized carbons (Fsp3) is 0.520. The average molecular weight is 698 g/mol. The van der Waals surface area contributed by atoms with Gasteiger partial charge in [0.25, 0.3) is 0 Å². The summed E-state index contributed by atoms with van der Waals surface area (Å²) < 4.78 is 106. The van der Waals surface area contributed by atoms with Crippen LogP contribution < -0.4 is 10.1 Å². The second kappa shape index (κ2) is 18.0. The van der Waals surface area contributed by atoms with Crippen molar-refractivity contribution < 1.29 is 78.7 Å². The average Bonchev–Trinajstić information content (AvgIpc) is 3.81. The number of aromatic nitrogens is 3. The number of nitrogens with zero attached hydrogens (tertiary/aromatic N) is 4. The number of hydrogen-bond acceptors (Lipinski definition) is 10. The van der Waals surface area contributed by atoms with Crippen molar-refractivity contribution in [2.24, 2.45) is 5.92 Å². The lowest BCUT2D eigenvalue weighted by Crippen LogP contribution is -2.40. The molecule has 0 bridgehead atoms. The summed E-state index contributed by atoms with van der Waals surface area (Å²) in [5.74, 6) is -5.10. The van der Waals surface area contributed by atoms with Gasteiger partial charge in [-0.25, -0.2) is 29.3 Å². The van der Waals surface area contributed by atoms with Crippen LogP contribution in [0.2, 0.25) is 0 Å². The van der Waals surface area contributed by atoms with Gasteiger partial charge < -0.3 is 30.1 Å². The topological polar surface area (TPSA) is 184 Å². The SMILES string of the molecule is COc1ncccc1CN1CCOCC1c1nccc(NCC2CC2)n1.O=C(O)C(F)(F)F.O=C(O)C(F)(F)F.O=C(O)C(F)(F)F. The smallest absolute Gasteiger partial charge is 0.481 e. The molecular formula is C25H28F9N5O8. The first-order valence-corrected chi connectivity index (χ1v) is 12.9. The molecule has 0 amide bonds. The number of nitrogens with one attached hydrogen (secondary N) is 1. The van der Waals surface area contributed by atoms with E-state index in [-0.39, 0.29) is 6.04 Å². The van der Waals surface area contributed by atoms with Crippen molar-refractivity contribution in [1.82, 2.24) is 19.9 Å². The number of carbonyl (C=O) groups is 3. The van der Waals surface area contributed by atoms with Crippen molar-refractivity contribution in [3.05, 3.63) is 42.0 Å². The van der Waals surface area contributed by atoms with Crippen molar-refractivity contribution in [3.8, 4) is 5.88 Å². The number of hydrogen-bond donors (Lipinski definition) is 4. The van der Waals surface area contributed by atoms with Crippen LogP contribution in [0.4, 0.5) is 45.3 Å². The minimum absolute atomic E-state index is 0.0244. The van der Waals surface area contributed by atoms with Crippen LogP contribution in [0.5, 0.6) is 5.88 Å². The van der Waals surface area contributed by atoms with E-state index < -0.39 is 36.4 Å². The number of ether oxygens (including phenoxy) is 2. The first-order chi connectivity index (χ1) is 21.7. The van der Waals surface area contributed by atoms with E-state index in [9.17, 15) is 39.5 Å². The van der Waals surface area contributed by atoms with Crippen LogP contribution in [-0.4, -0.2) is 105 Å². The zero-order valence-corrected chi connectivity index (χ0v) is 24.1. The third kappa shape index (κ3) is 16.1. The summed E-state index contributed by atoms with van der Waals surface area (Å²) in [5, 5.41) is 24.8. The van der Waals surface area contributed by atoms with Gasteiger partial charge in [-0.05, 0) is 30.9 Å². The van der Waals surface area contributed by atoms with Crippen molar-refractivity contribution in [2.45, 2.75) is 44.0 Å². The van der Waals surface area contributed by atoms with Gasteiger partial charge in [0.15, 0.2) is 0 Å². The Labute approximate surface area is 259 Å². The van der Waals surface area contributed by atoms with Gasteiger partial charge in [0.1, 0.15) is 11.6 Å². The number of methoxy groups -OCH3 is 1. The third-order valence-electron chi connectivity index (χ3n) is 5.62. The molecule has 1 saturated heterocycles. The minimum atomic E-state index is -5.08. The molecule has 0 radical (unpaired) electrons. The van der Waals surface area contributed by atoms with Crippen molar-refractivity contribution in [3.63, 3.8) is 0 Å². The highest BCUT2D eigenvalue weighted by Gasteiger charge is 2.39. The second-order valence-corrected chi connectivity index (χ2v) is 9.27. The number of halogens is 9. The standard InChI is InChI=1S/C19H25N5O2.3C2HF3O2/c1-25-19-15(3-2-7-21-19)12-24-9-10-26-13-16(24)18-20-8-6-17(23-18)22-11-14-4-5-14;3*3-2(4,5)1(6)7/h2-3,6-8,14,16H,4-5,9-13H2,1H3,(H,20,22,23);3*(H,6,7). The third-order valence-corrected chi connectivity index (χ3v) is 5.62.